The molecule has 29 heavy (non-hydrogen) atoms. The quantitative estimate of drug-likeness (QED) is 0.616. The fourth-order valence-corrected chi connectivity index (χ4v) is 3.38. The molecule has 9 nitrogen and oxygen atoms in total. The van der Waals surface area contributed by atoms with Crippen molar-refractivity contribution in [3.05, 3.63) is 18.2 Å². The molecule has 1 saturated heterocycles. The zero-order valence-corrected chi connectivity index (χ0v) is 16.9. The summed E-state index contributed by atoms with van der Waals surface area (Å²) < 4.78 is 15.6. The summed E-state index contributed by atoms with van der Waals surface area (Å²) in [6.07, 6.45) is 0.0936. The van der Waals surface area contributed by atoms with E-state index in [-0.39, 0.29) is 43.4 Å². The zero-order valence-electron chi connectivity index (χ0n) is 16.9. The normalized spacial score (nSPS) is 18.8. The third-order valence-electron chi connectivity index (χ3n) is 5.02. The Morgan fingerprint density at radius 3 is 2.76 bits per heavy atom. The molecule has 158 valence electrons. The lowest BCUT2D eigenvalue weighted by atomic mass is 10.0. The van der Waals surface area contributed by atoms with Gasteiger partial charge in [-0.15, -0.1) is 0 Å². The molecule has 1 aromatic rings. The minimum absolute atomic E-state index is 0.0936. The highest BCUT2D eigenvalue weighted by molar-refractivity contribution is 6.01. The van der Waals surface area contributed by atoms with Crippen molar-refractivity contribution in [3.63, 3.8) is 0 Å². The first kappa shape index (κ1) is 20.9. The number of carbonyl (C=O) groups excluding carboxylic acids is 3. The summed E-state index contributed by atoms with van der Waals surface area (Å²) in [5.41, 5.74) is 0.660. The molecule has 0 aromatic heterocycles. The van der Waals surface area contributed by atoms with Crippen molar-refractivity contribution in [2.45, 2.75) is 26.3 Å². The second-order valence-electron chi connectivity index (χ2n) is 7.46. The molecule has 0 bridgehead atoms. The second kappa shape index (κ2) is 9.13. The standard InChI is InChI=1S/C20H27N3O6/c1-12(2)18(20(26)21-6-7-27-3)22-19(25)13-8-17(24)23(10-13)14-4-5-15-16(9-14)29-11-28-15/h4-5,9,12-13,18H,6-8,10-11H2,1-3H3,(H,21,26)(H,22,25). The van der Waals surface area contributed by atoms with Gasteiger partial charge in [0.1, 0.15) is 6.04 Å². The fraction of sp³-hybridized carbons (Fsp3) is 0.550. The maximum atomic E-state index is 12.8. The first-order valence-corrected chi connectivity index (χ1v) is 9.67. The average Bonchev–Trinajstić information content (AvgIpc) is 3.31. The van der Waals surface area contributed by atoms with Gasteiger partial charge in [0.2, 0.25) is 24.5 Å². The van der Waals surface area contributed by atoms with Gasteiger partial charge in [0.25, 0.3) is 0 Å². The van der Waals surface area contributed by atoms with Crippen LogP contribution in [0.25, 0.3) is 0 Å². The Hall–Kier alpha value is -2.81. The largest absolute Gasteiger partial charge is 0.454 e. The van der Waals surface area contributed by atoms with Gasteiger partial charge in [-0.25, -0.2) is 0 Å². The molecule has 2 unspecified atom stereocenters. The summed E-state index contributed by atoms with van der Waals surface area (Å²) in [6.45, 7) is 4.89. The Labute approximate surface area is 169 Å². The molecule has 0 radical (unpaired) electrons. The number of nitrogens with one attached hydrogen (secondary N) is 2. The minimum Gasteiger partial charge on any atom is -0.454 e. The molecule has 2 aliphatic rings. The van der Waals surface area contributed by atoms with Gasteiger partial charge in [-0.3, -0.25) is 14.4 Å². The van der Waals surface area contributed by atoms with Gasteiger partial charge in [-0.05, 0) is 18.1 Å². The van der Waals surface area contributed by atoms with E-state index in [0.29, 0.717) is 30.3 Å². The molecule has 1 aromatic carbocycles. The number of fused-ring (bicyclic) bond motifs is 1. The fourth-order valence-electron chi connectivity index (χ4n) is 3.38. The molecule has 9 heteroatoms. The van der Waals surface area contributed by atoms with Gasteiger partial charge in [-0.1, -0.05) is 13.8 Å². The van der Waals surface area contributed by atoms with E-state index >= 15 is 0 Å². The molecule has 2 heterocycles. The molecule has 1 fully saturated rings. The third kappa shape index (κ3) is 4.79. The van der Waals surface area contributed by atoms with Crippen LogP contribution in [0.15, 0.2) is 18.2 Å². The maximum Gasteiger partial charge on any atom is 0.242 e. The van der Waals surface area contributed by atoms with E-state index in [1.54, 1.807) is 30.2 Å². The van der Waals surface area contributed by atoms with Gasteiger partial charge in [0.05, 0.1) is 12.5 Å². The number of nitrogens with zero attached hydrogens (tertiary/aromatic N) is 1. The van der Waals surface area contributed by atoms with E-state index in [1.165, 1.54) is 0 Å². The molecule has 2 N–H and O–H groups in total. The van der Waals surface area contributed by atoms with Gasteiger partial charge in [-0.2, -0.15) is 0 Å². The van der Waals surface area contributed by atoms with Crippen LogP contribution in [0.4, 0.5) is 5.69 Å². The van der Waals surface area contributed by atoms with Crippen molar-refractivity contribution < 1.29 is 28.6 Å². The van der Waals surface area contributed by atoms with E-state index < -0.39 is 12.0 Å². The first-order valence-electron chi connectivity index (χ1n) is 9.67. The Morgan fingerprint density at radius 2 is 2.03 bits per heavy atom. The van der Waals surface area contributed by atoms with Crippen molar-refractivity contribution in [2.24, 2.45) is 11.8 Å². The monoisotopic (exact) mass is 405 g/mol. The number of hydrogen-bond donors (Lipinski definition) is 2. The highest BCUT2D eigenvalue weighted by atomic mass is 16.7. The van der Waals surface area contributed by atoms with E-state index in [4.69, 9.17) is 14.2 Å². The number of hydrogen-bond acceptors (Lipinski definition) is 6. The lowest BCUT2D eigenvalue weighted by Gasteiger charge is -2.23. The van der Waals surface area contributed by atoms with Crippen LogP contribution >= 0.6 is 0 Å². The van der Waals surface area contributed by atoms with Crippen LogP contribution in [0.3, 0.4) is 0 Å². The number of rotatable bonds is 8. The summed E-state index contributed by atoms with van der Waals surface area (Å²) in [6, 6.07) is 4.58. The molecule has 3 amide bonds. The number of anilines is 1. The first-order chi connectivity index (χ1) is 13.9. The minimum atomic E-state index is -0.672. The number of methoxy groups -OCH3 is 1. The Morgan fingerprint density at radius 1 is 1.28 bits per heavy atom. The van der Waals surface area contributed by atoms with Gasteiger partial charge in [0, 0.05) is 38.4 Å². The number of benzene rings is 1. The molecule has 0 aliphatic carbocycles. The van der Waals surface area contributed by atoms with Crippen molar-refractivity contribution >= 4 is 23.4 Å². The predicted octanol–water partition coefficient (Wildman–Crippen LogP) is 0.672. The van der Waals surface area contributed by atoms with Gasteiger partial charge in [0.15, 0.2) is 11.5 Å². The lowest BCUT2D eigenvalue weighted by molar-refractivity contribution is -0.132. The Balaban J connectivity index is 1.62. The number of ether oxygens (including phenoxy) is 3. The van der Waals surface area contributed by atoms with Crippen LogP contribution in [0.2, 0.25) is 0 Å². The van der Waals surface area contributed by atoms with Gasteiger partial charge >= 0.3 is 0 Å². The molecular formula is C20H27N3O6. The highest BCUT2D eigenvalue weighted by Gasteiger charge is 2.37. The maximum absolute atomic E-state index is 12.8. The molecule has 0 saturated carbocycles. The predicted molar refractivity (Wildman–Crippen MR) is 105 cm³/mol. The summed E-state index contributed by atoms with van der Waals surface area (Å²) in [5.74, 6) is -0.117. The Bertz CT molecular complexity index is 781. The molecule has 3 rings (SSSR count). The van der Waals surface area contributed by atoms with Crippen molar-refractivity contribution in [1.82, 2.24) is 10.6 Å². The van der Waals surface area contributed by atoms with E-state index in [1.807, 2.05) is 13.8 Å². The highest BCUT2D eigenvalue weighted by Crippen LogP contribution is 2.37. The Kier molecular flexibility index (Phi) is 6.58. The summed E-state index contributed by atoms with van der Waals surface area (Å²) >= 11 is 0. The summed E-state index contributed by atoms with van der Waals surface area (Å²) in [7, 11) is 1.55. The average molecular weight is 405 g/mol. The van der Waals surface area contributed by atoms with Crippen LogP contribution in [0.1, 0.15) is 20.3 Å². The van der Waals surface area contributed by atoms with Crippen LogP contribution < -0.4 is 25.0 Å². The summed E-state index contributed by atoms with van der Waals surface area (Å²) in [4.78, 5) is 39.2. The van der Waals surface area contributed by atoms with E-state index in [0.717, 1.165) is 0 Å². The SMILES string of the molecule is COCCNC(=O)C(NC(=O)C1CC(=O)N(c2ccc3c(c2)OCO3)C1)C(C)C. The smallest absolute Gasteiger partial charge is 0.242 e. The second-order valence-corrected chi connectivity index (χ2v) is 7.46. The van der Waals surface area contributed by atoms with E-state index in [2.05, 4.69) is 10.6 Å². The van der Waals surface area contributed by atoms with Crippen molar-refractivity contribution in [3.8, 4) is 11.5 Å². The third-order valence-corrected chi connectivity index (χ3v) is 5.02. The molecule has 0 spiro atoms. The molecule has 2 atom stereocenters. The topological polar surface area (TPSA) is 106 Å². The van der Waals surface area contributed by atoms with Crippen molar-refractivity contribution in [1.29, 1.82) is 0 Å². The number of amides is 3. The van der Waals surface area contributed by atoms with Crippen LogP contribution in [-0.4, -0.2) is 57.4 Å². The van der Waals surface area contributed by atoms with Gasteiger partial charge < -0.3 is 29.7 Å². The lowest BCUT2D eigenvalue weighted by Crippen LogP contribution is -2.51. The molecule has 2 aliphatic heterocycles. The molecular weight excluding hydrogens is 378 g/mol. The van der Waals surface area contributed by atoms with E-state index in [9.17, 15) is 14.4 Å². The zero-order chi connectivity index (χ0) is 21.0. The van der Waals surface area contributed by atoms with Crippen LogP contribution in [0.5, 0.6) is 11.5 Å². The summed E-state index contributed by atoms with van der Waals surface area (Å²) in [5, 5.41) is 5.55. The van der Waals surface area contributed by atoms with Crippen LogP contribution in [-0.2, 0) is 19.1 Å². The van der Waals surface area contributed by atoms with Crippen LogP contribution in [0, 0.1) is 11.8 Å². The van der Waals surface area contributed by atoms with Crippen molar-refractivity contribution in [2.75, 3.05) is 38.5 Å². The number of carbonyl (C=O) groups is 3.